The quantitative estimate of drug-likeness (QED) is 0.0749. The number of benzene rings is 4. The molecule has 0 amide bonds. The van der Waals surface area contributed by atoms with E-state index >= 15 is 0 Å². The first-order valence-corrected chi connectivity index (χ1v) is 20.6. The third kappa shape index (κ3) is 10.9. The number of hydrogen-bond donors (Lipinski definition) is 0. The van der Waals surface area contributed by atoms with Crippen LogP contribution < -0.4 is 21.2 Å². The van der Waals surface area contributed by atoms with Crippen LogP contribution in [0.15, 0.2) is 146 Å². The second-order valence-corrected chi connectivity index (χ2v) is 17.9. The predicted octanol–water partition coefficient (Wildman–Crippen LogP) is 10.6. The van der Waals surface area contributed by atoms with Crippen molar-refractivity contribution in [2.24, 2.45) is 16.7 Å². The molecular formula is C42H46BF4OP2Rh-. The van der Waals surface area contributed by atoms with E-state index in [1.54, 1.807) is 0 Å². The first-order valence-electron chi connectivity index (χ1n) is 17.6. The molecule has 2 fully saturated rings. The molecule has 3 aliphatic carbocycles. The first kappa shape index (κ1) is 41.1. The van der Waals surface area contributed by atoms with Crippen molar-refractivity contribution in [2.75, 3.05) is 12.3 Å². The smallest absolute Gasteiger partial charge is 0.418 e. The maximum absolute atomic E-state index is 14.0. The number of rotatable bonds is 8. The molecule has 2 bridgehead atoms. The fourth-order valence-corrected chi connectivity index (χ4v) is 13.7. The summed E-state index contributed by atoms with van der Waals surface area (Å²) in [7, 11) is -7.17. The number of hydrogen-bond acceptors (Lipinski definition) is 1. The summed E-state index contributed by atoms with van der Waals surface area (Å²) >= 11 is 0. The van der Waals surface area contributed by atoms with E-state index in [1.165, 1.54) is 53.3 Å². The average Bonchev–Trinajstić information content (AvgIpc) is 3.48. The molecule has 7 rings (SSSR count). The van der Waals surface area contributed by atoms with Gasteiger partial charge in [0.1, 0.15) is 5.78 Å². The summed E-state index contributed by atoms with van der Waals surface area (Å²) in [5.74, 6) is 1.02. The molecule has 3 atom stereocenters. The number of ketones is 1. The molecule has 1 nitrogen and oxygen atoms in total. The third-order valence-electron chi connectivity index (χ3n) is 10.4. The zero-order valence-corrected chi connectivity index (χ0v) is 32.5. The van der Waals surface area contributed by atoms with E-state index in [2.05, 4.69) is 153 Å². The Morgan fingerprint density at radius 2 is 0.902 bits per heavy atom. The van der Waals surface area contributed by atoms with Gasteiger partial charge in [-0.05, 0) is 99.2 Å². The van der Waals surface area contributed by atoms with Gasteiger partial charge in [0.05, 0.1) is 0 Å². The molecule has 0 aliphatic heterocycles. The zero-order chi connectivity index (χ0) is 35.5. The van der Waals surface area contributed by atoms with E-state index in [-0.39, 0.29) is 30.3 Å². The molecular weight excluding hydrogens is 772 g/mol. The molecule has 0 N–H and O–H groups in total. The van der Waals surface area contributed by atoms with Crippen LogP contribution in [0.25, 0.3) is 0 Å². The minimum Gasteiger partial charge on any atom is -0.418 e. The van der Waals surface area contributed by atoms with Crippen molar-refractivity contribution in [1.29, 1.82) is 0 Å². The second-order valence-electron chi connectivity index (χ2n) is 13.5. The van der Waals surface area contributed by atoms with Crippen LogP contribution in [0, 0.1) is 16.7 Å². The van der Waals surface area contributed by atoms with Gasteiger partial charge in [-0.1, -0.05) is 153 Å². The Hall–Kier alpha value is -2.70. The number of allylic oxidation sites excluding steroid dienone is 4. The van der Waals surface area contributed by atoms with Gasteiger partial charge in [-0.25, -0.2) is 0 Å². The number of carbonyl (C=O) groups is 1. The van der Waals surface area contributed by atoms with E-state index in [9.17, 15) is 22.1 Å². The standard InChI is InChI=1S/C34H34OP2.C8H12.BF4.Rh/c1-33(25-36(28-14-6-2-7-15-28)29-16-8-3-9-17-29)27-22-23-34(33,32(35)24-27)26-37(30-18-10-4-11-19-30)31-20-12-5-13-21-31;1-2-4-6-8-7-5-3-1;2-1(3,4)5;/h2-21,27H,22-26H2,1H3;1-2,7-8H,3-6H2;;/q;;-1;/b;2-1-,8-7-;;/t27-,33-,34-;;;/m1.../s1. The van der Waals surface area contributed by atoms with E-state index in [4.69, 9.17) is 0 Å². The third-order valence-corrected chi connectivity index (χ3v) is 15.9. The molecule has 0 aromatic heterocycles. The summed E-state index contributed by atoms with van der Waals surface area (Å²) in [4.78, 5) is 14.0. The maximum atomic E-state index is 14.0. The summed E-state index contributed by atoms with van der Waals surface area (Å²) in [6.45, 7) is 2.49. The summed E-state index contributed by atoms with van der Waals surface area (Å²) in [6.07, 6.45) is 19.0. The van der Waals surface area contributed by atoms with Gasteiger partial charge in [-0.15, -0.1) is 0 Å². The van der Waals surface area contributed by atoms with Crippen molar-refractivity contribution < 1.29 is 41.5 Å². The van der Waals surface area contributed by atoms with E-state index in [1.807, 2.05) is 0 Å². The van der Waals surface area contributed by atoms with Crippen LogP contribution in [0.4, 0.5) is 17.3 Å². The fraction of sp³-hybridized carbons (Fsp3) is 0.310. The molecule has 0 saturated heterocycles. The number of fused-ring (bicyclic) bond motifs is 2. The Bertz CT molecular complexity index is 1580. The van der Waals surface area contributed by atoms with Crippen LogP contribution in [0.3, 0.4) is 0 Å². The van der Waals surface area contributed by atoms with E-state index in [0.29, 0.717) is 11.7 Å². The van der Waals surface area contributed by atoms with Gasteiger partial charge in [0, 0.05) is 31.3 Å². The SMILES string of the molecule is C1=C\CC/C=C\CC/1.C[C@@]1(CP(c2ccccc2)c2ccccc2)[C@@H]2CC[C@@]1(CP(c1ccccc1)c1ccccc1)C(=O)C2.F[B-](F)(F)F.[Rh]. The summed E-state index contributed by atoms with van der Waals surface area (Å²) < 4.78 is 39.0. The Morgan fingerprint density at radius 1 is 0.588 bits per heavy atom. The van der Waals surface area contributed by atoms with Crippen molar-refractivity contribution in [3.05, 3.63) is 146 Å². The van der Waals surface area contributed by atoms with Gasteiger partial charge in [0.2, 0.25) is 0 Å². The van der Waals surface area contributed by atoms with Gasteiger partial charge in [0.25, 0.3) is 0 Å². The summed E-state index contributed by atoms with van der Waals surface area (Å²) in [5.41, 5.74) is -0.245. The van der Waals surface area contributed by atoms with Crippen LogP contribution in [-0.4, -0.2) is 25.4 Å². The molecule has 3 aliphatic rings. The van der Waals surface area contributed by atoms with Gasteiger partial charge in [-0.3, -0.25) is 4.79 Å². The van der Waals surface area contributed by atoms with Gasteiger partial charge < -0.3 is 17.3 Å². The fourth-order valence-electron chi connectivity index (χ4n) is 7.80. The molecule has 1 radical (unpaired) electrons. The molecule has 2 saturated carbocycles. The molecule has 271 valence electrons. The Morgan fingerprint density at radius 3 is 1.22 bits per heavy atom. The Kier molecular flexibility index (Phi) is 15.6. The van der Waals surface area contributed by atoms with Gasteiger partial charge >= 0.3 is 7.25 Å². The van der Waals surface area contributed by atoms with E-state index in [0.717, 1.165) is 25.2 Å². The zero-order valence-electron chi connectivity index (χ0n) is 29.0. The predicted molar refractivity (Wildman–Crippen MR) is 208 cm³/mol. The molecule has 0 heterocycles. The minimum absolute atomic E-state index is 0. The molecule has 9 heteroatoms. The summed E-state index contributed by atoms with van der Waals surface area (Å²) in [6, 6.07) is 44.0. The van der Waals surface area contributed by atoms with Crippen molar-refractivity contribution in [1.82, 2.24) is 0 Å². The van der Waals surface area contributed by atoms with Crippen LogP contribution in [-0.2, 0) is 24.3 Å². The Labute approximate surface area is 316 Å². The van der Waals surface area contributed by atoms with Gasteiger partial charge in [-0.2, -0.15) is 0 Å². The number of carbonyl (C=O) groups excluding carboxylic acids is 1. The van der Waals surface area contributed by atoms with Crippen LogP contribution in [0.2, 0.25) is 0 Å². The monoisotopic (exact) mass is 818 g/mol. The first-order chi connectivity index (χ1) is 24.1. The Balaban J connectivity index is 0.000000353. The summed E-state index contributed by atoms with van der Waals surface area (Å²) in [5, 5.41) is 5.62. The topological polar surface area (TPSA) is 17.1 Å². The molecule has 4 aromatic rings. The largest absolute Gasteiger partial charge is 0.673 e. The van der Waals surface area contributed by atoms with Crippen LogP contribution in [0.5, 0.6) is 0 Å². The maximum Gasteiger partial charge on any atom is 0.673 e. The molecule has 0 spiro atoms. The van der Waals surface area contributed by atoms with E-state index < -0.39 is 23.1 Å². The van der Waals surface area contributed by atoms with Crippen molar-refractivity contribution >= 4 is 50.1 Å². The molecule has 51 heavy (non-hydrogen) atoms. The molecule has 0 unspecified atom stereocenters. The van der Waals surface area contributed by atoms with Crippen molar-refractivity contribution in [3.8, 4) is 0 Å². The normalized spacial score (nSPS) is 23.5. The van der Waals surface area contributed by atoms with Crippen LogP contribution >= 0.6 is 15.8 Å². The minimum atomic E-state index is -6.00. The van der Waals surface area contributed by atoms with Gasteiger partial charge in [0.15, 0.2) is 0 Å². The molecule has 4 aromatic carbocycles. The second kappa shape index (κ2) is 19.4. The number of Topliss-reactive ketones (excluding diaryl/α,β-unsaturated/α-hetero) is 1. The average molecular weight is 818 g/mol. The van der Waals surface area contributed by atoms with Crippen molar-refractivity contribution in [3.63, 3.8) is 0 Å². The van der Waals surface area contributed by atoms with Crippen LogP contribution in [0.1, 0.15) is 51.9 Å². The van der Waals surface area contributed by atoms with Crippen molar-refractivity contribution in [2.45, 2.75) is 51.9 Å². The number of halogens is 4.